The number of nitro benzene ring substituents is 1. The summed E-state index contributed by atoms with van der Waals surface area (Å²) in [6.45, 7) is 4.00. The highest BCUT2D eigenvalue weighted by atomic mass is 35.5. The number of furan rings is 1. The number of amides is 2. The first-order valence-corrected chi connectivity index (χ1v) is 11.8. The number of nitrogens with one attached hydrogen (secondary N) is 3. The summed E-state index contributed by atoms with van der Waals surface area (Å²) in [5.74, 6) is -2.14. The first-order valence-electron chi connectivity index (χ1n) is 11.4. The van der Waals surface area contributed by atoms with Gasteiger partial charge in [-0.25, -0.2) is 0 Å². The SMILES string of the molecule is Cc1cc(C(C)Nc2ccc(-c3ccoc3C(=O)NNC(=O)c3ccc(O)c([N+](=O)[O-])c3)cc2)ccc1Cl. The highest BCUT2D eigenvalue weighted by Gasteiger charge is 2.20. The van der Waals surface area contributed by atoms with Crippen LogP contribution in [0.2, 0.25) is 5.02 Å². The van der Waals surface area contributed by atoms with Crippen LogP contribution >= 0.6 is 11.6 Å². The van der Waals surface area contributed by atoms with E-state index in [1.165, 1.54) is 12.3 Å². The Balaban J connectivity index is 1.41. The molecular weight excluding hydrogens is 512 g/mol. The maximum absolute atomic E-state index is 12.7. The van der Waals surface area contributed by atoms with Crippen LogP contribution in [0, 0.1) is 17.0 Å². The van der Waals surface area contributed by atoms with Crippen molar-refractivity contribution in [1.29, 1.82) is 0 Å². The van der Waals surface area contributed by atoms with Crippen LogP contribution in [0.25, 0.3) is 11.1 Å². The average Bonchev–Trinajstić information content (AvgIpc) is 3.39. The van der Waals surface area contributed by atoms with Crippen molar-refractivity contribution in [3.63, 3.8) is 0 Å². The lowest BCUT2D eigenvalue weighted by Crippen LogP contribution is -2.41. The molecule has 0 aliphatic rings. The number of rotatable bonds is 7. The predicted octanol–water partition coefficient (Wildman–Crippen LogP) is 5.77. The van der Waals surface area contributed by atoms with Crippen molar-refractivity contribution in [2.75, 3.05) is 5.32 Å². The third-order valence-electron chi connectivity index (χ3n) is 5.86. The van der Waals surface area contributed by atoms with E-state index in [1.54, 1.807) is 6.07 Å². The van der Waals surface area contributed by atoms with E-state index in [1.807, 2.05) is 56.3 Å². The minimum absolute atomic E-state index is 0.0331. The first-order chi connectivity index (χ1) is 18.1. The zero-order valence-corrected chi connectivity index (χ0v) is 21.1. The molecule has 0 aliphatic heterocycles. The number of hydrogen-bond donors (Lipinski definition) is 4. The number of carbonyl (C=O) groups is 2. The second-order valence-electron chi connectivity index (χ2n) is 8.48. The highest BCUT2D eigenvalue weighted by molar-refractivity contribution is 6.31. The summed E-state index contributed by atoms with van der Waals surface area (Å²) < 4.78 is 5.35. The molecule has 1 atom stereocenters. The molecule has 1 unspecified atom stereocenters. The number of nitrogens with zero attached hydrogens (tertiary/aromatic N) is 1. The van der Waals surface area contributed by atoms with Crippen LogP contribution in [0.15, 0.2) is 77.4 Å². The Morgan fingerprint density at radius 2 is 1.71 bits per heavy atom. The van der Waals surface area contributed by atoms with E-state index < -0.39 is 28.2 Å². The van der Waals surface area contributed by atoms with E-state index in [0.29, 0.717) is 16.1 Å². The summed E-state index contributed by atoms with van der Waals surface area (Å²) in [4.78, 5) is 35.2. The molecule has 1 aromatic heterocycles. The van der Waals surface area contributed by atoms with E-state index in [2.05, 4.69) is 16.2 Å². The Morgan fingerprint density at radius 1 is 1.00 bits per heavy atom. The number of halogens is 1. The number of phenolic OH excluding ortho intramolecular Hbond substituents is 1. The van der Waals surface area contributed by atoms with E-state index in [0.717, 1.165) is 28.9 Å². The van der Waals surface area contributed by atoms with Crippen molar-refractivity contribution in [2.45, 2.75) is 19.9 Å². The Morgan fingerprint density at radius 3 is 2.39 bits per heavy atom. The molecule has 2 amide bonds. The molecule has 4 aromatic rings. The molecule has 1 heterocycles. The van der Waals surface area contributed by atoms with Gasteiger partial charge in [0.25, 0.3) is 5.91 Å². The van der Waals surface area contributed by atoms with Crippen molar-refractivity contribution in [2.24, 2.45) is 0 Å². The lowest BCUT2D eigenvalue weighted by atomic mass is 10.0. The predicted molar refractivity (Wildman–Crippen MR) is 142 cm³/mol. The molecular formula is C27H23ClN4O6. The molecule has 0 spiro atoms. The molecule has 4 rings (SSSR count). The number of phenols is 1. The van der Waals surface area contributed by atoms with Crippen LogP contribution in [-0.2, 0) is 0 Å². The molecule has 194 valence electrons. The minimum Gasteiger partial charge on any atom is -0.502 e. The second-order valence-corrected chi connectivity index (χ2v) is 8.89. The first kappa shape index (κ1) is 26.2. The fourth-order valence-corrected chi connectivity index (χ4v) is 3.90. The van der Waals surface area contributed by atoms with Gasteiger partial charge < -0.3 is 14.8 Å². The van der Waals surface area contributed by atoms with Crippen LogP contribution in [0.5, 0.6) is 5.75 Å². The molecule has 11 heteroatoms. The van der Waals surface area contributed by atoms with Gasteiger partial charge >= 0.3 is 11.6 Å². The van der Waals surface area contributed by atoms with Gasteiger partial charge in [0.15, 0.2) is 5.75 Å². The molecule has 10 nitrogen and oxygen atoms in total. The Bertz CT molecular complexity index is 1520. The van der Waals surface area contributed by atoms with Gasteiger partial charge in [-0.1, -0.05) is 35.9 Å². The second kappa shape index (κ2) is 11.1. The molecule has 0 radical (unpaired) electrons. The summed E-state index contributed by atoms with van der Waals surface area (Å²) in [6, 6.07) is 18.1. The van der Waals surface area contributed by atoms with Gasteiger partial charge in [-0.3, -0.25) is 30.6 Å². The molecule has 0 saturated heterocycles. The number of hydrazine groups is 1. The molecule has 0 aliphatic carbocycles. The van der Waals surface area contributed by atoms with E-state index in [-0.39, 0.29) is 17.4 Å². The standard InChI is InChI=1S/C27H23ClN4O6/c1-15-13-18(5-9-22(15)28)16(2)29-20-7-3-17(4-8-20)21-11-12-38-25(21)27(35)31-30-26(34)19-6-10-24(33)23(14-19)32(36)37/h3-14,16,29,33H,1-2H3,(H,30,34)(H,31,35). The Kier molecular flexibility index (Phi) is 7.63. The number of aryl methyl sites for hydroxylation is 1. The molecule has 38 heavy (non-hydrogen) atoms. The molecule has 0 bridgehead atoms. The summed E-state index contributed by atoms with van der Waals surface area (Å²) in [5.41, 5.74) is 7.84. The van der Waals surface area contributed by atoms with Crippen molar-refractivity contribution >= 4 is 34.8 Å². The molecule has 4 N–H and O–H groups in total. The quantitative estimate of drug-likeness (QED) is 0.174. The van der Waals surface area contributed by atoms with Gasteiger partial charge in [0.1, 0.15) is 0 Å². The van der Waals surface area contributed by atoms with E-state index >= 15 is 0 Å². The fourth-order valence-electron chi connectivity index (χ4n) is 3.78. The van der Waals surface area contributed by atoms with E-state index in [4.69, 9.17) is 16.0 Å². The molecule has 0 saturated carbocycles. The maximum Gasteiger partial charge on any atom is 0.311 e. The Labute approximate surface area is 222 Å². The normalized spacial score (nSPS) is 11.4. The van der Waals surface area contributed by atoms with Gasteiger partial charge in [0, 0.05) is 33.9 Å². The van der Waals surface area contributed by atoms with Crippen LogP contribution in [0.3, 0.4) is 0 Å². The van der Waals surface area contributed by atoms with Crippen molar-refractivity contribution in [3.8, 4) is 16.9 Å². The van der Waals surface area contributed by atoms with Gasteiger partial charge in [-0.15, -0.1) is 0 Å². The van der Waals surface area contributed by atoms with Crippen LogP contribution in [-0.4, -0.2) is 21.8 Å². The number of carbonyl (C=O) groups excluding carboxylic acids is 2. The Hall–Kier alpha value is -4.83. The third-order valence-corrected chi connectivity index (χ3v) is 6.28. The average molecular weight is 535 g/mol. The number of benzene rings is 3. The maximum atomic E-state index is 12.7. The molecule has 0 fully saturated rings. The lowest BCUT2D eigenvalue weighted by Gasteiger charge is -2.17. The zero-order chi connectivity index (χ0) is 27.4. The van der Waals surface area contributed by atoms with Crippen molar-refractivity contribution in [1.82, 2.24) is 10.9 Å². The fraction of sp³-hybridized carbons (Fsp3) is 0.111. The minimum atomic E-state index is -0.820. The zero-order valence-electron chi connectivity index (χ0n) is 20.3. The van der Waals surface area contributed by atoms with Crippen LogP contribution < -0.4 is 16.2 Å². The smallest absolute Gasteiger partial charge is 0.311 e. The van der Waals surface area contributed by atoms with Gasteiger partial charge in [0.05, 0.1) is 11.2 Å². The van der Waals surface area contributed by atoms with Crippen molar-refractivity contribution < 1.29 is 24.0 Å². The highest BCUT2D eigenvalue weighted by Crippen LogP contribution is 2.29. The topological polar surface area (TPSA) is 147 Å². The molecule has 3 aromatic carbocycles. The van der Waals surface area contributed by atoms with Crippen molar-refractivity contribution in [3.05, 3.63) is 111 Å². The summed E-state index contributed by atoms with van der Waals surface area (Å²) in [5, 5.41) is 24.7. The lowest BCUT2D eigenvalue weighted by molar-refractivity contribution is -0.385. The van der Waals surface area contributed by atoms with Gasteiger partial charge in [-0.05, 0) is 66.9 Å². The summed E-state index contributed by atoms with van der Waals surface area (Å²) >= 11 is 6.12. The van der Waals surface area contributed by atoms with Crippen LogP contribution in [0.1, 0.15) is 45.0 Å². The number of hydrogen-bond acceptors (Lipinski definition) is 7. The third kappa shape index (κ3) is 5.76. The summed E-state index contributed by atoms with van der Waals surface area (Å²) in [6.07, 6.45) is 1.35. The van der Waals surface area contributed by atoms with Gasteiger partial charge in [0.2, 0.25) is 5.76 Å². The van der Waals surface area contributed by atoms with Gasteiger partial charge in [-0.2, -0.15) is 0 Å². The number of aromatic hydroxyl groups is 1. The number of nitro groups is 1. The summed E-state index contributed by atoms with van der Waals surface area (Å²) in [7, 11) is 0. The monoisotopic (exact) mass is 534 g/mol. The van der Waals surface area contributed by atoms with E-state index in [9.17, 15) is 24.8 Å². The largest absolute Gasteiger partial charge is 0.502 e. The number of anilines is 1. The van der Waals surface area contributed by atoms with Crippen LogP contribution in [0.4, 0.5) is 11.4 Å².